The zero-order valence-electron chi connectivity index (χ0n) is 13.0. The Kier molecular flexibility index (Phi) is 7.76. The summed E-state index contributed by atoms with van der Waals surface area (Å²) in [6.45, 7) is 6.42. The molecule has 1 aliphatic heterocycles. The van der Waals surface area contributed by atoms with Gasteiger partial charge in [-0.3, -0.25) is 4.79 Å². The lowest BCUT2D eigenvalue weighted by atomic mass is 10.0. The van der Waals surface area contributed by atoms with Gasteiger partial charge in [-0.25, -0.2) is 0 Å². The summed E-state index contributed by atoms with van der Waals surface area (Å²) >= 11 is 0. The Labute approximate surface area is 134 Å². The number of halogens is 1. The maximum Gasteiger partial charge on any atom is 0.224 e. The van der Waals surface area contributed by atoms with E-state index in [0.717, 1.165) is 37.9 Å². The van der Waals surface area contributed by atoms with E-state index < -0.39 is 0 Å². The van der Waals surface area contributed by atoms with Crippen molar-refractivity contribution in [2.75, 3.05) is 13.1 Å². The third kappa shape index (κ3) is 6.49. The van der Waals surface area contributed by atoms with Crippen LogP contribution in [0.2, 0.25) is 0 Å². The molecule has 0 bridgehead atoms. The Morgan fingerprint density at radius 1 is 1.29 bits per heavy atom. The average molecular weight is 311 g/mol. The molecule has 1 amide bonds. The third-order valence-electron chi connectivity index (χ3n) is 3.69. The van der Waals surface area contributed by atoms with Crippen molar-refractivity contribution in [2.45, 2.75) is 45.6 Å². The molecule has 0 saturated carbocycles. The summed E-state index contributed by atoms with van der Waals surface area (Å²) in [5, 5.41) is 6.43. The first-order valence-electron chi connectivity index (χ1n) is 7.71. The minimum absolute atomic E-state index is 0. The van der Waals surface area contributed by atoms with E-state index in [1.807, 2.05) is 0 Å². The first kappa shape index (κ1) is 18.0. The Morgan fingerprint density at radius 3 is 2.52 bits per heavy atom. The van der Waals surface area contributed by atoms with Gasteiger partial charge in [0.2, 0.25) is 5.91 Å². The highest BCUT2D eigenvalue weighted by Gasteiger charge is 2.15. The highest BCUT2D eigenvalue weighted by Crippen LogP contribution is 2.10. The van der Waals surface area contributed by atoms with E-state index in [0.29, 0.717) is 18.4 Å². The van der Waals surface area contributed by atoms with Crippen LogP contribution in [0, 0.1) is 5.92 Å². The lowest BCUT2D eigenvalue weighted by Gasteiger charge is -2.23. The molecule has 1 heterocycles. The predicted octanol–water partition coefficient (Wildman–Crippen LogP) is 2.72. The number of hydrogen-bond acceptors (Lipinski definition) is 2. The summed E-state index contributed by atoms with van der Waals surface area (Å²) in [6.07, 6.45) is 3.82. The van der Waals surface area contributed by atoms with E-state index in [1.54, 1.807) is 0 Å². The third-order valence-corrected chi connectivity index (χ3v) is 3.69. The second kappa shape index (κ2) is 9.06. The number of carbonyl (C=O) groups excluding carboxylic acids is 1. The second-order valence-electron chi connectivity index (χ2n) is 6.20. The van der Waals surface area contributed by atoms with Gasteiger partial charge >= 0.3 is 0 Å². The molecule has 1 saturated heterocycles. The fraction of sp³-hybridized carbons (Fsp3) is 0.588. The van der Waals surface area contributed by atoms with E-state index in [9.17, 15) is 4.79 Å². The van der Waals surface area contributed by atoms with Crippen LogP contribution < -0.4 is 10.6 Å². The second-order valence-corrected chi connectivity index (χ2v) is 6.20. The van der Waals surface area contributed by atoms with Crippen LogP contribution in [-0.2, 0) is 17.6 Å². The molecular formula is C17H27ClN2O. The van der Waals surface area contributed by atoms with Gasteiger partial charge in [0.15, 0.2) is 0 Å². The molecule has 1 fully saturated rings. The number of rotatable bonds is 5. The van der Waals surface area contributed by atoms with Crippen LogP contribution in [0.5, 0.6) is 0 Å². The molecule has 0 aromatic heterocycles. The number of nitrogens with one attached hydrogen (secondary N) is 2. The van der Waals surface area contributed by atoms with Crippen molar-refractivity contribution < 1.29 is 4.79 Å². The van der Waals surface area contributed by atoms with Gasteiger partial charge in [0, 0.05) is 12.6 Å². The molecule has 0 radical (unpaired) electrons. The van der Waals surface area contributed by atoms with Gasteiger partial charge in [0.25, 0.3) is 0 Å². The molecule has 1 atom stereocenters. The quantitative estimate of drug-likeness (QED) is 0.878. The summed E-state index contributed by atoms with van der Waals surface area (Å²) < 4.78 is 0. The summed E-state index contributed by atoms with van der Waals surface area (Å²) in [6, 6.07) is 8.75. The molecule has 1 aromatic carbocycles. The zero-order chi connectivity index (χ0) is 14.4. The maximum atomic E-state index is 12.0. The van der Waals surface area contributed by atoms with E-state index in [2.05, 4.69) is 48.7 Å². The lowest BCUT2D eigenvalue weighted by molar-refractivity contribution is -0.121. The molecule has 2 rings (SSSR count). The van der Waals surface area contributed by atoms with E-state index in [-0.39, 0.29) is 18.3 Å². The van der Waals surface area contributed by atoms with Crippen LogP contribution in [0.25, 0.3) is 0 Å². The topological polar surface area (TPSA) is 41.1 Å². The smallest absolute Gasteiger partial charge is 0.224 e. The molecule has 0 spiro atoms. The molecule has 3 nitrogen and oxygen atoms in total. The van der Waals surface area contributed by atoms with Gasteiger partial charge in [-0.2, -0.15) is 0 Å². The molecule has 1 aliphatic rings. The normalized spacial score (nSPS) is 18.1. The van der Waals surface area contributed by atoms with Crippen molar-refractivity contribution in [1.29, 1.82) is 0 Å². The van der Waals surface area contributed by atoms with Crippen LogP contribution in [0.3, 0.4) is 0 Å². The van der Waals surface area contributed by atoms with Crippen LogP contribution in [0.4, 0.5) is 0 Å². The molecular weight excluding hydrogens is 284 g/mol. The lowest BCUT2D eigenvalue weighted by Crippen LogP contribution is -2.46. The highest BCUT2D eigenvalue weighted by atomic mass is 35.5. The Hall–Kier alpha value is -1.06. The number of piperidine rings is 1. The molecule has 21 heavy (non-hydrogen) atoms. The van der Waals surface area contributed by atoms with Gasteiger partial charge in [-0.1, -0.05) is 38.1 Å². The van der Waals surface area contributed by atoms with E-state index >= 15 is 0 Å². The molecule has 118 valence electrons. The van der Waals surface area contributed by atoms with Crippen molar-refractivity contribution in [3.05, 3.63) is 35.4 Å². The monoisotopic (exact) mass is 310 g/mol. The van der Waals surface area contributed by atoms with Crippen molar-refractivity contribution in [1.82, 2.24) is 10.6 Å². The van der Waals surface area contributed by atoms with E-state index in [1.165, 1.54) is 5.56 Å². The first-order valence-corrected chi connectivity index (χ1v) is 7.71. The fourth-order valence-electron chi connectivity index (χ4n) is 2.70. The van der Waals surface area contributed by atoms with Gasteiger partial charge < -0.3 is 10.6 Å². The molecule has 2 N–H and O–H groups in total. The van der Waals surface area contributed by atoms with Crippen molar-refractivity contribution >= 4 is 18.3 Å². The van der Waals surface area contributed by atoms with Gasteiger partial charge in [0.05, 0.1) is 6.42 Å². The average Bonchev–Trinajstić information content (AvgIpc) is 2.41. The first-order chi connectivity index (χ1) is 9.63. The largest absolute Gasteiger partial charge is 0.352 e. The number of carbonyl (C=O) groups is 1. The van der Waals surface area contributed by atoms with Crippen LogP contribution in [0.15, 0.2) is 24.3 Å². The Bertz CT molecular complexity index is 425. The molecule has 0 aliphatic carbocycles. The summed E-state index contributed by atoms with van der Waals surface area (Å²) in [7, 11) is 0. The van der Waals surface area contributed by atoms with Crippen LogP contribution in [-0.4, -0.2) is 25.0 Å². The number of amides is 1. The summed E-state index contributed by atoms with van der Waals surface area (Å²) in [5.41, 5.74) is 2.44. The Balaban J connectivity index is 0.00000220. The summed E-state index contributed by atoms with van der Waals surface area (Å²) in [5.74, 6) is 0.804. The number of hydrogen-bond donors (Lipinski definition) is 2. The molecule has 0 unspecified atom stereocenters. The fourth-order valence-corrected chi connectivity index (χ4v) is 2.70. The predicted molar refractivity (Wildman–Crippen MR) is 90.0 cm³/mol. The maximum absolute atomic E-state index is 12.0. The number of benzene rings is 1. The minimum atomic E-state index is 0. The van der Waals surface area contributed by atoms with Crippen LogP contribution >= 0.6 is 12.4 Å². The van der Waals surface area contributed by atoms with Crippen LogP contribution in [0.1, 0.15) is 37.8 Å². The standard InChI is InChI=1S/C17H26N2O.ClH/c1-13(2)10-14-5-7-15(8-6-14)11-17(20)19-16-4-3-9-18-12-16;/h5-8,13,16,18H,3-4,9-12H2,1-2H3,(H,19,20);1H/t16-;/m0./s1. The van der Waals surface area contributed by atoms with Crippen molar-refractivity contribution in [2.24, 2.45) is 5.92 Å². The van der Waals surface area contributed by atoms with Gasteiger partial charge in [-0.15, -0.1) is 12.4 Å². The Morgan fingerprint density at radius 2 is 1.95 bits per heavy atom. The molecule has 4 heteroatoms. The highest BCUT2D eigenvalue weighted by molar-refractivity contribution is 5.85. The SMILES string of the molecule is CC(C)Cc1ccc(CC(=O)N[C@H]2CCCNC2)cc1.Cl. The van der Waals surface area contributed by atoms with E-state index in [4.69, 9.17) is 0 Å². The molecule has 1 aromatic rings. The van der Waals surface area contributed by atoms with Crippen molar-refractivity contribution in [3.8, 4) is 0 Å². The van der Waals surface area contributed by atoms with Crippen molar-refractivity contribution in [3.63, 3.8) is 0 Å². The van der Waals surface area contributed by atoms with Gasteiger partial charge in [-0.05, 0) is 42.9 Å². The minimum Gasteiger partial charge on any atom is -0.352 e. The van der Waals surface area contributed by atoms with Gasteiger partial charge in [0.1, 0.15) is 0 Å². The summed E-state index contributed by atoms with van der Waals surface area (Å²) in [4.78, 5) is 12.0. The zero-order valence-corrected chi connectivity index (χ0v) is 13.8.